The number of anilines is 2. The van der Waals surface area contributed by atoms with Crippen molar-refractivity contribution in [1.82, 2.24) is 10.3 Å². The Morgan fingerprint density at radius 3 is 2.58 bits per heavy atom. The Labute approximate surface area is 181 Å². The van der Waals surface area contributed by atoms with E-state index in [2.05, 4.69) is 35.8 Å². The van der Waals surface area contributed by atoms with Gasteiger partial charge in [0.25, 0.3) is 0 Å². The zero-order valence-electron chi connectivity index (χ0n) is 18.1. The van der Waals surface area contributed by atoms with E-state index in [0.29, 0.717) is 0 Å². The lowest BCUT2D eigenvalue weighted by atomic mass is 10.0. The highest BCUT2D eigenvalue weighted by atomic mass is 16.5. The fraction of sp³-hybridized carbons (Fsp3) is 0.200. The van der Waals surface area contributed by atoms with Gasteiger partial charge in [-0.1, -0.05) is 23.8 Å². The Hall–Kier alpha value is -3.80. The summed E-state index contributed by atoms with van der Waals surface area (Å²) < 4.78 is 10.7. The van der Waals surface area contributed by atoms with Crippen molar-refractivity contribution >= 4 is 39.3 Å². The standard InChI is InChI=1S/C25H25N3O3/c1-15-8-9-21-19(10-15)24(20-11-16(2)23(30-4)13-22(20)28-21)27-18-7-5-6-17(12-18)14-31-25(29)26-3/h5-13H,14H2,1-4H3,(H,26,29)(H,27,28). The van der Waals surface area contributed by atoms with Crippen LogP contribution in [0.25, 0.3) is 21.8 Å². The molecule has 0 aliphatic heterocycles. The van der Waals surface area contributed by atoms with Gasteiger partial charge >= 0.3 is 6.09 Å². The van der Waals surface area contributed by atoms with Gasteiger partial charge in [0, 0.05) is 29.6 Å². The van der Waals surface area contributed by atoms with Gasteiger partial charge in [-0.05, 0) is 55.3 Å². The average molecular weight is 415 g/mol. The van der Waals surface area contributed by atoms with E-state index >= 15 is 0 Å². The van der Waals surface area contributed by atoms with Crippen molar-refractivity contribution in [2.45, 2.75) is 20.5 Å². The lowest BCUT2D eigenvalue weighted by molar-refractivity contribution is 0.142. The molecule has 1 heterocycles. The van der Waals surface area contributed by atoms with Gasteiger partial charge in [0.1, 0.15) is 12.4 Å². The molecule has 1 aromatic heterocycles. The summed E-state index contributed by atoms with van der Waals surface area (Å²) in [5.41, 5.74) is 6.76. The molecule has 0 fully saturated rings. The number of pyridine rings is 1. The summed E-state index contributed by atoms with van der Waals surface area (Å²) in [6.45, 7) is 4.30. The molecule has 3 aromatic carbocycles. The van der Waals surface area contributed by atoms with E-state index in [1.807, 2.05) is 43.3 Å². The Morgan fingerprint density at radius 1 is 1.00 bits per heavy atom. The predicted octanol–water partition coefficient (Wildman–Crippen LogP) is 5.61. The maximum absolute atomic E-state index is 11.4. The third-order valence-corrected chi connectivity index (χ3v) is 5.22. The number of hydrogen-bond donors (Lipinski definition) is 2. The average Bonchev–Trinajstić information content (AvgIpc) is 2.78. The molecule has 0 aliphatic rings. The van der Waals surface area contributed by atoms with E-state index < -0.39 is 6.09 Å². The number of aryl methyl sites for hydroxylation is 2. The van der Waals surface area contributed by atoms with Gasteiger partial charge in [-0.3, -0.25) is 0 Å². The molecule has 2 N–H and O–H groups in total. The van der Waals surface area contributed by atoms with E-state index in [0.717, 1.165) is 55.6 Å². The third kappa shape index (κ3) is 4.23. The molecule has 0 atom stereocenters. The van der Waals surface area contributed by atoms with Crippen LogP contribution in [0.1, 0.15) is 16.7 Å². The topological polar surface area (TPSA) is 72.5 Å². The number of alkyl carbamates (subject to hydrolysis) is 1. The fourth-order valence-corrected chi connectivity index (χ4v) is 3.65. The van der Waals surface area contributed by atoms with Gasteiger partial charge in [0.15, 0.2) is 0 Å². The highest BCUT2D eigenvalue weighted by molar-refractivity contribution is 6.09. The lowest BCUT2D eigenvalue weighted by Crippen LogP contribution is -2.18. The number of nitrogens with one attached hydrogen (secondary N) is 2. The number of methoxy groups -OCH3 is 1. The fourth-order valence-electron chi connectivity index (χ4n) is 3.65. The summed E-state index contributed by atoms with van der Waals surface area (Å²) in [7, 11) is 3.21. The number of carbonyl (C=O) groups excluding carboxylic acids is 1. The van der Waals surface area contributed by atoms with E-state index in [-0.39, 0.29) is 6.61 Å². The second kappa shape index (κ2) is 8.52. The highest BCUT2D eigenvalue weighted by Gasteiger charge is 2.13. The molecule has 4 rings (SSSR count). The number of hydrogen-bond acceptors (Lipinski definition) is 5. The molecule has 0 aliphatic carbocycles. The molecule has 1 amide bonds. The van der Waals surface area contributed by atoms with Crippen LogP contribution in [0.15, 0.2) is 54.6 Å². The van der Waals surface area contributed by atoms with Gasteiger partial charge in [0.05, 0.1) is 23.8 Å². The van der Waals surface area contributed by atoms with Crippen LogP contribution in [0.2, 0.25) is 0 Å². The monoisotopic (exact) mass is 415 g/mol. The minimum atomic E-state index is -0.454. The Balaban J connectivity index is 1.82. The number of rotatable bonds is 5. The summed E-state index contributed by atoms with van der Waals surface area (Å²) >= 11 is 0. The Kier molecular flexibility index (Phi) is 5.62. The van der Waals surface area contributed by atoms with Crippen LogP contribution < -0.4 is 15.4 Å². The minimum Gasteiger partial charge on any atom is -0.496 e. The summed E-state index contributed by atoms with van der Waals surface area (Å²) in [4.78, 5) is 16.3. The number of benzene rings is 3. The molecule has 4 aromatic rings. The summed E-state index contributed by atoms with van der Waals surface area (Å²) in [6.07, 6.45) is -0.454. The first kappa shape index (κ1) is 20.5. The number of aromatic nitrogens is 1. The van der Waals surface area contributed by atoms with Crippen molar-refractivity contribution in [2.75, 3.05) is 19.5 Å². The Bertz CT molecular complexity index is 1280. The molecule has 158 valence electrons. The van der Waals surface area contributed by atoms with Crippen molar-refractivity contribution < 1.29 is 14.3 Å². The minimum absolute atomic E-state index is 0.197. The van der Waals surface area contributed by atoms with Crippen LogP contribution in [0.5, 0.6) is 5.75 Å². The molecular formula is C25H25N3O3. The van der Waals surface area contributed by atoms with Crippen molar-refractivity contribution in [3.8, 4) is 5.75 Å². The molecule has 6 nitrogen and oxygen atoms in total. The number of ether oxygens (including phenoxy) is 2. The molecule has 0 saturated carbocycles. The van der Waals surface area contributed by atoms with Gasteiger partial charge in [-0.25, -0.2) is 9.78 Å². The first-order valence-corrected chi connectivity index (χ1v) is 10.1. The Morgan fingerprint density at radius 2 is 1.81 bits per heavy atom. The molecule has 6 heteroatoms. The van der Waals surface area contributed by atoms with Gasteiger partial charge < -0.3 is 20.1 Å². The lowest BCUT2D eigenvalue weighted by Gasteiger charge is -2.16. The summed E-state index contributed by atoms with van der Waals surface area (Å²) in [5.74, 6) is 0.811. The van der Waals surface area contributed by atoms with Crippen molar-refractivity contribution in [2.24, 2.45) is 0 Å². The maximum Gasteiger partial charge on any atom is 0.407 e. The summed E-state index contributed by atoms with van der Waals surface area (Å²) in [5, 5.41) is 8.11. The molecule has 0 saturated heterocycles. The second-order valence-corrected chi connectivity index (χ2v) is 7.50. The zero-order valence-corrected chi connectivity index (χ0v) is 18.1. The van der Waals surface area contributed by atoms with Crippen LogP contribution in [-0.4, -0.2) is 25.2 Å². The number of nitrogens with zero attached hydrogens (tertiary/aromatic N) is 1. The SMILES string of the molecule is CNC(=O)OCc1cccc(Nc2c3cc(C)ccc3nc3cc(OC)c(C)cc23)c1. The first-order valence-electron chi connectivity index (χ1n) is 10.1. The smallest absolute Gasteiger partial charge is 0.407 e. The maximum atomic E-state index is 11.4. The number of amides is 1. The predicted molar refractivity (Wildman–Crippen MR) is 124 cm³/mol. The summed E-state index contributed by atoms with van der Waals surface area (Å²) in [6, 6.07) is 18.2. The van der Waals surface area contributed by atoms with Crippen molar-refractivity contribution in [3.05, 3.63) is 71.3 Å². The van der Waals surface area contributed by atoms with Crippen molar-refractivity contribution in [1.29, 1.82) is 0 Å². The molecule has 31 heavy (non-hydrogen) atoms. The number of fused-ring (bicyclic) bond motifs is 2. The molecule has 0 radical (unpaired) electrons. The molecular weight excluding hydrogens is 390 g/mol. The quantitative estimate of drug-likeness (QED) is 0.414. The zero-order chi connectivity index (χ0) is 22.0. The van der Waals surface area contributed by atoms with Crippen molar-refractivity contribution in [3.63, 3.8) is 0 Å². The molecule has 0 spiro atoms. The van der Waals surface area contributed by atoms with Crippen LogP contribution in [0, 0.1) is 13.8 Å². The number of carbonyl (C=O) groups is 1. The van der Waals surface area contributed by atoms with Crippen LogP contribution in [-0.2, 0) is 11.3 Å². The van der Waals surface area contributed by atoms with Gasteiger partial charge in [0.2, 0.25) is 0 Å². The first-order chi connectivity index (χ1) is 15.0. The van der Waals surface area contributed by atoms with E-state index in [9.17, 15) is 4.79 Å². The van der Waals surface area contributed by atoms with E-state index in [1.165, 1.54) is 0 Å². The second-order valence-electron chi connectivity index (χ2n) is 7.50. The van der Waals surface area contributed by atoms with Gasteiger partial charge in [-0.2, -0.15) is 0 Å². The van der Waals surface area contributed by atoms with E-state index in [1.54, 1.807) is 14.2 Å². The highest BCUT2D eigenvalue weighted by Crippen LogP contribution is 2.36. The van der Waals surface area contributed by atoms with Crippen LogP contribution in [0.3, 0.4) is 0 Å². The van der Waals surface area contributed by atoms with E-state index in [4.69, 9.17) is 14.5 Å². The third-order valence-electron chi connectivity index (χ3n) is 5.22. The normalized spacial score (nSPS) is 10.8. The van der Waals surface area contributed by atoms with Gasteiger partial charge in [-0.15, -0.1) is 0 Å². The largest absolute Gasteiger partial charge is 0.496 e. The molecule has 0 unspecified atom stereocenters. The van der Waals surface area contributed by atoms with Crippen LogP contribution >= 0.6 is 0 Å². The molecule has 0 bridgehead atoms. The van der Waals surface area contributed by atoms with Crippen LogP contribution in [0.4, 0.5) is 16.2 Å².